The number of hydrogen-bond acceptors (Lipinski definition) is 4. The van der Waals surface area contributed by atoms with Crippen molar-refractivity contribution in [1.82, 2.24) is 10.1 Å². The second-order valence-corrected chi connectivity index (χ2v) is 3.29. The Kier molecular flexibility index (Phi) is 2.77. The lowest BCUT2D eigenvalue weighted by atomic mass is 10.1. The second kappa shape index (κ2) is 4.13. The van der Waals surface area contributed by atoms with Crippen molar-refractivity contribution in [2.45, 2.75) is 6.18 Å². The van der Waals surface area contributed by atoms with Gasteiger partial charge in [0.1, 0.15) is 5.56 Å². The minimum atomic E-state index is -4.64. The van der Waals surface area contributed by atoms with Crippen LogP contribution in [0.15, 0.2) is 29.2 Å². The van der Waals surface area contributed by atoms with Gasteiger partial charge in [0.05, 0.1) is 17.3 Å². The maximum absolute atomic E-state index is 12.7. The number of halogens is 3. The lowest BCUT2D eigenvalue weighted by molar-refractivity contribution is -0.137. The van der Waals surface area contributed by atoms with Crippen LogP contribution >= 0.6 is 0 Å². The lowest BCUT2D eigenvalue weighted by Crippen LogP contribution is -2.08. The molecule has 0 amide bonds. The first-order valence-electron chi connectivity index (χ1n) is 4.61. The van der Waals surface area contributed by atoms with Crippen LogP contribution < -0.4 is 0 Å². The Hall–Kier alpha value is -2.38. The van der Waals surface area contributed by atoms with E-state index in [1.165, 1.54) is 0 Å². The highest BCUT2D eigenvalue weighted by atomic mass is 19.4. The Morgan fingerprint density at radius 3 is 2.67 bits per heavy atom. The molecule has 0 unspecified atom stereocenters. The summed E-state index contributed by atoms with van der Waals surface area (Å²) in [6, 6.07) is 0.740. The Balaban J connectivity index is 2.65. The fourth-order valence-electron chi connectivity index (χ4n) is 1.41. The number of alkyl halides is 3. The first-order valence-corrected chi connectivity index (χ1v) is 4.61. The van der Waals surface area contributed by atoms with Gasteiger partial charge in [-0.05, 0) is 6.07 Å². The molecule has 2 aromatic heterocycles. The fourth-order valence-corrected chi connectivity index (χ4v) is 1.41. The molecular formula is C10H5F3N2O3. The van der Waals surface area contributed by atoms with Gasteiger partial charge < -0.3 is 9.63 Å². The maximum Gasteiger partial charge on any atom is 0.417 e. The number of carboxylic acids is 1. The number of nitrogens with zero attached hydrogens (tertiary/aromatic N) is 2. The molecule has 5 nitrogen and oxygen atoms in total. The Bertz CT molecular complexity index is 592. The molecule has 0 radical (unpaired) electrons. The van der Waals surface area contributed by atoms with E-state index in [0.29, 0.717) is 0 Å². The van der Waals surface area contributed by atoms with Crippen molar-refractivity contribution in [2.75, 3.05) is 0 Å². The van der Waals surface area contributed by atoms with Gasteiger partial charge in [0.25, 0.3) is 0 Å². The molecule has 0 bridgehead atoms. The Morgan fingerprint density at radius 2 is 2.06 bits per heavy atom. The smallest absolute Gasteiger partial charge is 0.417 e. The Labute approximate surface area is 97.9 Å². The van der Waals surface area contributed by atoms with E-state index in [1.54, 1.807) is 0 Å². The van der Waals surface area contributed by atoms with Gasteiger partial charge in [-0.1, -0.05) is 5.16 Å². The van der Waals surface area contributed by atoms with Crippen molar-refractivity contribution >= 4 is 5.97 Å². The van der Waals surface area contributed by atoms with E-state index in [9.17, 15) is 18.0 Å². The Morgan fingerprint density at radius 1 is 1.33 bits per heavy atom. The summed E-state index contributed by atoms with van der Waals surface area (Å²) in [5, 5.41) is 12.0. The average molecular weight is 258 g/mol. The number of aromatic carboxylic acids is 1. The zero-order chi connectivity index (χ0) is 13.3. The van der Waals surface area contributed by atoms with Crippen LogP contribution in [0.1, 0.15) is 15.9 Å². The van der Waals surface area contributed by atoms with Crippen LogP contribution in [0.3, 0.4) is 0 Å². The van der Waals surface area contributed by atoms with Gasteiger partial charge in [-0.3, -0.25) is 4.98 Å². The number of aromatic nitrogens is 2. The number of pyridine rings is 1. The van der Waals surface area contributed by atoms with E-state index in [-0.39, 0.29) is 0 Å². The first-order chi connectivity index (χ1) is 8.41. The van der Waals surface area contributed by atoms with Gasteiger partial charge in [0.15, 0.2) is 5.76 Å². The van der Waals surface area contributed by atoms with Gasteiger partial charge in [0, 0.05) is 12.4 Å². The maximum atomic E-state index is 12.7. The van der Waals surface area contributed by atoms with Crippen molar-refractivity contribution in [2.24, 2.45) is 0 Å². The predicted molar refractivity (Wildman–Crippen MR) is 51.7 cm³/mol. The summed E-state index contributed by atoms with van der Waals surface area (Å²) in [6.07, 6.45) is -1.95. The van der Waals surface area contributed by atoms with Gasteiger partial charge >= 0.3 is 12.1 Å². The quantitative estimate of drug-likeness (QED) is 0.895. The van der Waals surface area contributed by atoms with Crippen LogP contribution in [-0.2, 0) is 6.18 Å². The molecule has 0 atom stereocenters. The predicted octanol–water partition coefficient (Wildman–Crippen LogP) is 2.45. The van der Waals surface area contributed by atoms with Crippen LogP contribution in [0.25, 0.3) is 11.3 Å². The van der Waals surface area contributed by atoms with Crippen LogP contribution in [0.4, 0.5) is 13.2 Å². The summed E-state index contributed by atoms with van der Waals surface area (Å²) >= 11 is 0. The van der Waals surface area contributed by atoms with Crippen molar-refractivity contribution in [1.29, 1.82) is 0 Å². The van der Waals surface area contributed by atoms with E-state index >= 15 is 0 Å². The van der Waals surface area contributed by atoms with Crippen LogP contribution in [-0.4, -0.2) is 21.2 Å². The second-order valence-electron chi connectivity index (χ2n) is 3.29. The van der Waals surface area contributed by atoms with Gasteiger partial charge in [-0.2, -0.15) is 13.2 Å². The molecule has 0 spiro atoms. The normalized spacial score (nSPS) is 11.5. The van der Waals surface area contributed by atoms with Gasteiger partial charge in [-0.15, -0.1) is 0 Å². The summed E-state index contributed by atoms with van der Waals surface area (Å²) in [5.74, 6) is -1.90. The van der Waals surface area contributed by atoms with Crippen LogP contribution in [0.2, 0.25) is 0 Å². The van der Waals surface area contributed by atoms with Crippen LogP contribution in [0, 0.1) is 0 Å². The van der Waals surface area contributed by atoms with E-state index in [0.717, 1.165) is 24.7 Å². The topological polar surface area (TPSA) is 76.2 Å². The first kappa shape index (κ1) is 12.1. The van der Waals surface area contributed by atoms with E-state index in [4.69, 9.17) is 5.11 Å². The molecule has 0 aliphatic rings. The molecule has 0 fully saturated rings. The highest BCUT2D eigenvalue weighted by Gasteiger charge is 2.35. The summed E-state index contributed by atoms with van der Waals surface area (Å²) in [5.41, 5.74) is -1.94. The lowest BCUT2D eigenvalue weighted by Gasteiger charge is -2.10. The monoisotopic (exact) mass is 258 g/mol. The molecule has 94 valence electrons. The van der Waals surface area contributed by atoms with E-state index in [1.807, 2.05) is 0 Å². The minimum absolute atomic E-state index is 0.450. The minimum Gasteiger partial charge on any atom is -0.477 e. The van der Waals surface area contributed by atoms with E-state index < -0.39 is 34.6 Å². The highest BCUT2D eigenvalue weighted by Crippen LogP contribution is 2.37. The summed E-state index contributed by atoms with van der Waals surface area (Å²) < 4.78 is 42.8. The molecule has 1 N–H and O–H groups in total. The largest absolute Gasteiger partial charge is 0.477 e. The molecule has 8 heteroatoms. The van der Waals surface area contributed by atoms with Crippen LogP contribution in [0.5, 0.6) is 0 Å². The van der Waals surface area contributed by atoms with Crippen molar-refractivity contribution < 1.29 is 27.6 Å². The standard InChI is InChI=1S/C10H5F3N2O3/c11-10(12,13)7-1-2-14-3-5(7)8-6(9(16)17)4-15-18-8/h1-4H,(H,16,17). The molecule has 2 rings (SSSR count). The third kappa shape index (κ3) is 2.04. The molecule has 0 saturated carbocycles. The van der Waals surface area contributed by atoms with E-state index in [2.05, 4.69) is 14.7 Å². The number of carbonyl (C=O) groups is 1. The third-order valence-corrected chi connectivity index (χ3v) is 2.17. The molecule has 2 aromatic rings. The van der Waals surface area contributed by atoms with Gasteiger partial charge in [-0.25, -0.2) is 4.79 Å². The zero-order valence-corrected chi connectivity index (χ0v) is 8.60. The molecule has 18 heavy (non-hydrogen) atoms. The van der Waals surface area contributed by atoms with Gasteiger partial charge in [0.2, 0.25) is 0 Å². The molecule has 0 aliphatic carbocycles. The number of rotatable bonds is 2. The molecule has 0 saturated heterocycles. The summed E-state index contributed by atoms with van der Waals surface area (Å²) in [4.78, 5) is 14.4. The van der Waals surface area contributed by atoms with Crippen molar-refractivity contribution in [3.8, 4) is 11.3 Å². The molecule has 0 aromatic carbocycles. The zero-order valence-electron chi connectivity index (χ0n) is 8.60. The highest BCUT2D eigenvalue weighted by molar-refractivity contribution is 5.94. The average Bonchev–Trinajstić information content (AvgIpc) is 2.76. The van der Waals surface area contributed by atoms with Crippen molar-refractivity contribution in [3.05, 3.63) is 35.8 Å². The summed E-state index contributed by atoms with van der Waals surface area (Å²) in [7, 11) is 0. The third-order valence-electron chi connectivity index (χ3n) is 2.17. The number of carboxylic acid groups (broad SMARTS) is 1. The fraction of sp³-hybridized carbons (Fsp3) is 0.100. The van der Waals surface area contributed by atoms with Crippen molar-refractivity contribution in [3.63, 3.8) is 0 Å². The summed E-state index contributed by atoms with van der Waals surface area (Å²) in [6.45, 7) is 0. The molecular weight excluding hydrogens is 253 g/mol. The molecule has 2 heterocycles. The SMILES string of the molecule is O=C(O)c1cnoc1-c1cnccc1C(F)(F)F. The number of hydrogen-bond donors (Lipinski definition) is 1. The molecule has 0 aliphatic heterocycles.